The van der Waals surface area contributed by atoms with Crippen LogP contribution in [0.3, 0.4) is 0 Å². The molecule has 1 amide bonds. The minimum absolute atomic E-state index is 0.0135. The number of phenolic OH excluding ortho intramolecular Hbond substituents is 1. The van der Waals surface area contributed by atoms with E-state index in [1.165, 1.54) is 17.0 Å². The molecule has 0 spiro atoms. The van der Waals surface area contributed by atoms with Crippen LogP contribution in [0.2, 0.25) is 10.0 Å². The fourth-order valence-electron chi connectivity index (χ4n) is 3.10. The number of phenols is 1. The predicted molar refractivity (Wildman–Crippen MR) is 101 cm³/mol. The summed E-state index contributed by atoms with van der Waals surface area (Å²) in [5.74, 6) is -0.716. The molecule has 1 fully saturated rings. The lowest BCUT2D eigenvalue weighted by Gasteiger charge is -2.32. The minimum atomic E-state index is -3.43. The lowest BCUT2D eigenvalue weighted by Crippen LogP contribution is -2.42. The topological polar surface area (TPSA) is 74.7 Å². The monoisotopic (exact) mass is 413 g/mol. The maximum Gasteiger partial charge on any atom is 0.259 e. The second-order valence-electron chi connectivity index (χ2n) is 6.13. The number of nitrogens with zero attached hydrogens (tertiary/aromatic N) is 1. The average Bonchev–Trinajstić information content (AvgIpc) is 2.61. The van der Waals surface area contributed by atoms with E-state index >= 15 is 0 Å². The van der Waals surface area contributed by atoms with Crippen LogP contribution in [-0.4, -0.2) is 42.7 Å². The number of halogens is 2. The molecule has 0 atom stereocenters. The van der Waals surface area contributed by atoms with Gasteiger partial charge in [-0.25, -0.2) is 8.42 Å². The Morgan fingerprint density at radius 3 is 2.27 bits per heavy atom. The Kier molecular flexibility index (Phi) is 5.46. The van der Waals surface area contributed by atoms with Crippen molar-refractivity contribution in [3.8, 4) is 5.75 Å². The zero-order valence-electron chi connectivity index (χ0n) is 13.7. The lowest BCUT2D eigenvalue weighted by atomic mass is 10.1. The third-order valence-electron chi connectivity index (χ3n) is 4.49. The molecule has 0 aromatic heterocycles. The molecule has 0 unspecified atom stereocenters. The van der Waals surface area contributed by atoms with Crippen molar-refractivity contribution in [2.45, 2.75) is 23.0 Å². The van der Waals surface area contributed by atoms with E-state index in [2.05, 4.69) is 0 Å². The number of aromatic hydroxyl groups is 1. The fraction of sp³-hybridized carbons (Fsp3) is 0.278. The van der Waals surface area contributed by atoms with Crippen molar-refractivity contribution in [3.05, 3.63) is 58.1 Å². The molecule has 1 saturated heterocycles. The molecule has 1 aliphatic rings. The van der Waals surface area contributed by atoms with Crippen molar-refractivity contribution in [1.29, 1.82) is 0 Å². The molecule has 1 aliphatic heterocycles. The van der Waals surface area contributed by atoms with Crippen LogP contribution in [0.4, 0.5) is 0 Å². The Labute approximate surface area is 162 Å². The van der Waals surface area contributed by atoms with Gasteiger partial charge < -0.3 is 10.0 Å². The summed E-state index contributed by atoms with van der Waals surface area (Å²) in [6.07, 6.45) is 0.657. The summed E-state index contributed by atoms with van der Waals surface area (Å²) in [4.78, 5) is 14.5. The molecular weight excluding hydrogens is 397 g/mol. The van der Waals surface area contributed by atoms with Crippen LogP contribution in [0.1, 0.15) is 23.2 Å². The molecule has 1 N–H and O–H groups in total. The summed E-state index contributed by atoms with van der Waals surface area (Å²) in [6, 6.07) is 11.0. The number of likely N-dealkylation sites (tertiary alicyclic amines) is 1. The lowest BCUT2D eigenvalue weighted by molar-refractivity contribution is 0.0723. The van der Waals surface area contributed by atoms with Gasteiger partial charge in [-0.15, -0.1) is 0 Å². The predicted octanol–water partition coefficient (Wildman–Crippen LogP) is 3.78. The highest BCUT2D eigenvalue weighted by atomic mass is 35.5. The first-order chi connectivity index (χ1) is 12.3. The van der Waals surface area contributed by atoms with Crippen LogP contribution in [0.25, 0.3) is 0 Å². The number of sulfone groups is 1. The normalized spacial score (nSPS) is 15.8. The molecule has 3 rings (SSSR count). The van der Waals surface area contributed by atoms with Crippen molar-refractivity contribution in [1.82, 2.24) is 4.90 Å². The highest BCUT2D eigenvalue weighted by Crippen LogP contribution is 2.32. The second kappa shape index (κ2) is 7.47. The number of hydrogen-bond acceptors (Lipinski definition) is 4. The standard InChI is InChI=1S/C18H17Cl2NO4S/c19-12-10-15(20)17(16(22)11-12)18(23)21-8-6-14(7-9-21)26(24,25)13-4-2-1-3-5-13/h1-5,10-11,14,22H,6-9H2. The van der Waals surface area contributed by atoms with Crippen LogP contribution < -0.4 is 0 Å². The van der Waals surface area contributed by atoms with Gasteiger partial charge in [-0.05, 0) is 37.1 Å². The molecule has 26 heavy (non-hydrogen) atoms. The number of piperidine rings is 1. The van der Waals surface area contributed by atoms with Crippen LogP contribution >= 0.6 is 23.2 Å². The molecular formula is C18H17Cl2NO4S. The average molecular weight is 414 g/mol. The number of amides is 1. The minimum Gasteiger partial charge on any atom is -0.507 e. The van der Waals surface area contributed by atoms with Gasteiger partial charge in [0.25, 0.3) is 5.91 Å². The van der Waals surface area contributed by atoms with Crippen LogP contribution in [0.5, 0.6) is 5.75 Å². The number of carbonyl (C=O) groups is 1. The zero-order chi connectivity index (χ0) is 18.9. The van der Waals surface area contributed by atoms with E-state index in [9.17, 15) is 18.3 Å². The summed E-state index contributed by atoms with van der Waals surface area (Å²) in [7, 11) is -3.43. The van der Waals surface area contributed by atoms with Crippen LogP contribution in [0, 0.1) is 0 Å². The molecule has 1 heterocycles. The first-order valence-electron chi connectivity index (χ1n) is 8.07. The highest BCUT2D eigenvalue weighted by molar-refractivity contribution is 7.92. The van der Waals surface area contributed by atoms with Gasteiger partial charge in [0.15, 0.2) is 9.84 Å². The Balaban J connectivity index is 1.74. The molecule has 8 heteroatoms. The molecule has 2 aromatic carbocycles. The van der Waals surface area contributed by atoms with E-state index in [-0.39, 0.29) is 34.4 Å². The zero-order valence-corrected chi connectivity index (χ0v) is 16.1. The van der Waals surface area contributed by atoms with Crippen LogP contribution in [0.15, 0.2) is 47.4 Å². The first-order valence-corrected chi connectivity index (χ1v) is 10.4. The number of carbonyl (C=O) groups excluding carboxylic acids is 1. The maximum absolute atomic E-state index is 12.7. The first kappa shape index (κ1) is 19.0. The van der Waals surface area contributed by atoms with E-state index in [0.29, 0.717) is 17.7 Å². The van der Waals surface area contributed by atoms with Gasteiger partial charge in [0.05, 0.1) is 20.7 Å². The van der Waals surface area contributed by atoms with Gasteiger partial charge in [0.2, 0.25) is 0 Å². The summed E-state index contributed by atoms with van der Waals surface area (Å²) >= 11 is 11.8. The van der Waals surface area contributed by atoms with Gasteiger partial charge in [-0.3, -0.25) is 4.79 Å². The molecule has 2 aromatic rings. The number of rotatable bonds is 3. The van der Waals surface area contributed by atoms with Gasteiger partial charge >= 0.3 is 0 Å². The molecule has 0 saturated carbocycles. The summed E-state index contributed by atoms with van der Waals surface area (Å²) in [5, 5.41) is 9.75. The van der Waals surface area contributed by atoms with Crippen molar-refractivity contribution < 1.29 is 18.3 Å². The third-order valence-corrected chi connectivity index (χ3v) is 7.28. The van der Waals surface area contributed by atoms with E-state index in [0.717, 1.165) is 0 Å². The SMILES string of the molecule is O=C(c1c(O)cc(Cl)cc1Cl)N1CCC(S(=O)(=O)c2ccccc2)CC1. The molecule has 0 radical (unpaired) electrons. The summed E-state index contributed by atoms with van der Waals surface area (Å²) < 4.78 is 25.4. The van der Waals surface area contributed by atoms with Gasteiger partial charge in [-0.2, -0.15) is 0 Å². The third kappa shape index (κ3) is 3.68. The van der Waals surface area contributed by atoms with Crippen molar-refractivity contribution in [2.75, 3.05) is 13.1 Å². The van der Waals surface area contributed by atoms with Gasteiger partial charge in [0.1, 0.15) is 5.75 Å². The number of benzene rings is 2. The van der Waals surface area contributed by atoms with E-state index in [4.69, 9.17) is 23.2 Å². The van der Waals surface area contributed by atoms with E-state index < -0.39 is 21.0 Å². The fourth-order valence-corrected chi connectivity index (χ4v) is 5.42. The maximum atomic E-state index is 12.7. The van der Waals surface area contributed by atoms with E-state index in [1.54, 1.807) is 30.3 Å². The Bertz CT molecular complexity index is 900. The highest BCUT2D eigenvalue weighted by Gasteiger charge is 2.33. The van der Waals surface area contributed by atoms with Crippen LogP contribution in [-0.2, 0) is 9.84 Å². The van der Waals surface area contributed by atoms with Gasteiger partial charge in [-0.1, -0.05) is 41.4 Å². The Hall–Kier alpha value is -1.76. The second-order valence-corrected chi connectivity index (χ2v) is 9.20. The molecule has 138 valence electrons. The van der Waals surface area contributed by atoms with Crippen molar-refractivity contribution >= 4 is 38.9 Å². The van der Waals surface area contributed by atoms with Crippen molar-refractivity contribution in [2.24, 2.45) is 0 Å². The molecule has 5 nitrogen and oxygen atoms in total. The smallest absolute Gasteiger partial charge is 0.259 e. The Morgan fingerprint density at radius 2 is 1.69 bits per heavy atom. The summed E-state index contributed by atoms with van der Waals surface area (Å²) in [5.41, 5.74) is -0.0135. The quantitative estimate of drug-likeness (QED) is 0.830. The van der Waals surface area contributed by atoms with E-state index in [1.807, 2.05) is 0 Å². The molecule has 0 bridgehead atoms. The summed E-state index contributed by atoms with van der Waals surface area (Å²) in [6.45, 7) is 0.544. The number of hydrogen-bond donors (Lipinski definition) is 1. The van der Waals surface area contributed by atoms with Gasteiger partial charge in [0, 0.05) is 18.1 Å². The van der Waals surface area contributed by atoms with Crippen molar-refractivity contribution in [3.63, 3.8) is 0 Å². The largest absolute Gasteiger partial charge is 0.507 e. The molecule has 0 aliphatic carbocycles. The Morgan fingerprint density at radius 1 is 1.08 bits per heavy atom.